The van der Waals surface area contributed by atoms with Gasteiger partial charge in [0.25, 0.3) is 0 Å². The molecule has 13 atom stereocenters. The molecule has 4 bridgehead atoms. The highest BCUT2D eigenvalue weighted by atomic mass is 16.8. The van der Waals surface area contributed by atoms with Gasteiger partial charge in [-0.3, -0.25) is 19.4 Å². The highest BCUT2D eigenvalue weighted by Gasteiger charge is 2.86. The molecule has 6 N–H and O–H groups in total. The number of carbonyl (C=O) groups excluding carboxylic acids is 4. The minimum absolute atomic E-state index is 0.0361. The molecule has 0 radical (unpaired) electrons. The van der Waals surface area contributed by atoms with E-state index in [0.717, 1.165) is 11.1 Å². The zero-order chi connectivity index (χ0) is 54.6. The van der Waals surface area contributed by atoms with Crippen LogP contribution in [0.25, 0.3) is 6.08 Å². The summed E-state index contributed by atoms with van der Waals surface area (Å²) in [7, 11) is 0. The van der Waals surface area contributed by atoms with Crippen LogP contribution in [-0.4, -0.2) is 123 Å². The summed E-state index contributed by atoms with van der Waals surface area (Å²) in [5.41, 5.74) is 5.56. The molecule has 2 aromatic carbocycles. The van der Waals surface area contributed by atoms with Crippen molar-refractivity contribution in [1.82, 2.24) is 5.32 Å². The second-order valence-corrected chi connectivity index (χ2v) is 23.3. The molecule has 18 nitrogen and oxygen atoms in total. The number of Topliss-reactive ketones (excluding diaryl/α,β-unsaturated/α-hetero) is 2. The highest BCUT2D eigenvalue weighted by Crippen LogP contribution is 2.75. The van der Waals surface area contributed by atoms with Crippen LogP contribution < -0.4 is 30.0 Å². The van der Waals surface area contributed by atoms with Crippen LogP contribution in [0, 0.1) is 23.7 Å². The minimum atomic E-state index is -1.72. The lowest BCUT2D eigenvalue weighted by molar-refractivity contribution is -0.373. The Morgan fingerprint density at radius 1 is 0.947 bits per heavy atom. The maximum Gasteiger partial charge on any atom is 0.343 e. The van der Waals surface area contributed by atoms with Crippen molar-refractivity contribution in [3.8, 4) is 23.0 Å². The maximum absolute atomic E-state index is 15.5. The van der Waals surface area contributed by atoms with E-state index in [0.29, 0.717) is 40.9 Å². The molecule has 6 unspecified atom stereocenters. The van der Waals surface area contributed by atoms with Gasteiger partial charge >= 0.3 is 5.97 Å². The van der Waals surface area contributed by atoms with Gasteiger partial charge in [-0.05, 0) is 131 Å². The Morgan fingerprint density at radius 3 is 2.37 bits per heavy atom. The third-order valence-electron chi connectivity index (χ3n) is 16.7. The van der Waals surface area contributed by atoms with Gasteiger partial charge < -0.3 is 64.3 Å². The zero-order valence-corrected chi connectivity index (χ0v) is 44.9. The molecule has 2 aromatic rings. The molecular weight excluding hydrogens is 979 g/mol. The molecule has 6 aliphatic heterocycles. The number of aliphatic hydroxyl groups excluding tert-OH is 3. The summed E-state index contributed by atoms with van der Waals surface area (Å²) in [5.74, 6) is -5.39. The van der Waals surface area contributed by atoms with Crippen LogP contribution in [0.4, 0.5) is 0 Å². The number of rotatable bonds is 14. The SMILES string of the molecule is CC(C)=CCCC1(C)C=Cc2c(c(CC=C(C)C)c3c(c2OC(=O)c2ccc(O[C@@H]4O[C@@H]5COC(C)(C)O[C@H]5[C@H](O)[C@H]4O)cc2)C2N=C(N)C(=O)C4C2C2(O3)[C@@H]3C[C@@H]4C(=O)C2(CC=C(C)C(=O)NCCO)OC3(C)C)O1. The van der Waals surface area contributed by atoms with Crippen molar-refractivity contribution in [3.63, 3.8) is 0 Å². The van der Waals surface area contributed by atoms with Gasteiger partial charge in [0.2, 0.25) is 18.0 Å². The van der Waals surface area contributed by atoms with E-state index >= 15 is 4.79 Å². The standard InChI is InChI=1S/C58H71N3O15/c1-28(2)12-11-21-56(10)22-20-34-45(74-56)33(18-13-29(3)4)47-39(46(34)72-52(68)31-14-16-32(17-15-31)70-53-44(65)43(64)48-36(71-53)27-69-55(8,9)73-48)41-40-38(42(63)50(59)61-41)35-26-37-54(6,7)76-57(49(35)66,58(37,40)75-47)23-19-30(5)51(67)60-24-25-62/h12-17,19-20,22,35-38,40-41,43-44,48,53,62,64-65H,11,18,21,23-27H2,1-10H3,(H2,59,61)(H,60,67)/t35-,36+,37+,38?,40?,41?,43+,44+,48+,53+,56?,57?,58?/m0/s1. The summed E-state index contributed by atoms with van der Waals surface area (Å²) in [4.78, 5) is 63.3. The van der Waals surface area contributed by atoms with Gasteiger partial charge in [0.1, 0.15) is 47.3 Å². The molecule has 3 saturated heterocycles. The Morgan fingerprint density at radius 2 is 1.67 bits per heavy atom. The molecule has 1 amide bonds. The summed E-state index contributed by atoms with van der Waals surface area (Å²) in [5, 5.41) is 34.2. The van der Waals surface area contributed by atoms with E-state index in [9.17, 15) is 29.7 Å². The molecule has 3 saturated carbocycles. The fourth-order valence-electron chi connectivity index (χ4n) is 13.2. The molecule has 6 heterocycles. The number of amidine groups is 1. The van der Waals surface area contributed by atoms with Crippen LogP contribution in [0.15, 0.2) is 70.3 Å². The molecule has 18 heteroatoms. The molecule has 1 spiro atoms. The first-order valence-corrected chi connectivity index (χ1v) is 26.4. The normalized spacial score (nSPS) is 34.8. The Kier molecular flexibility index (Phi) is 13.6. The van der Waals surface area contributed by atoms with Crippen molar-refractivity contribution in [2.45, 2.75) is 166 Å². The second kappa shape index (κ2) is 19.3. The predicted molar refractivity (Wildman–Crippen MR) is 277 cm³/mol. The molecule has 11 rings (SSSR count). The van der Waals surface area contributed by atoms with Crippen molar-refractivity contribution < 1.29 is 72.4 Å². The number of carbonyl (C=O) groups is 4. The van der Waals surface area contributed by atoms with E-state index in [-0.39, 0.29) is 73.5 Å². The molecular formula is C58H71N3O15. The van der Waals surface area contributed by atoms with Crippen molar-refractivity contribution in [1.29, 1.82) is 0 Å². The Bertz CT molecular complexity index is 2890. The smallest absolute Gasteiger partial charge is 0.343 e. The Balaban J connectivity index is 1.11. The first kappa shape index (κ1) is 53.7. The van der Waals surface area contributed by atoms with E-state index in [1.165, 1.54) is 24.3 Å². The lowest BCUT2D eigenvalue weighted by Gasteiger charge is -2.65. The third kappa shape index (κ3) is 8.72. The van der Waals surface area contributed by atoms with Gasteiger partial charge in [0, 0.05) is 47.8 Å². The van der Waals surface area contributed by atoms with Crippen molar-refractivity contribution in [2.24, 2.45) is 34.4 Å². The molecule has 76 heavy (non-hydrogen) atoms. The van der Waals surface area contributed by atoms with Crippen LogP contribution in [0.2, 0.25) is 0 Å². The molecule has 9 aliphatic rings. The number of benzene rings is 2. The van der Waals surface area contributed by atoms with Gasteiger partial charge in [-0.2, -0.15) is 0 Å². The average molecular weight is 1050 g/mol. The number of ketones is 2. The van der Waals surface area contributed by atoms with Gasteiger partial charge in [-0.1, -0.05) is 29.4 Å². The lowest BCUT2D eigenvalue weighted by atomic mass is 9.41. The number of aliphatic hydroxyl groups is 3. The van der Waals surface area contributed by atoms with Crippen LogP contribution in [-0.2, 0) is 39.8 Å². The van der Waals surface area contributed by atoms with E-state index in [4.69, 9.17) is 48.6 Å². The Hall–Kier alpha value is -5.73. The Labute approximate surface area is 442 Å². The van der Waals surface area contributed by atoms with Gasteiger partial charge in [0.15, 0.2) is 34.4 Å². The first-order valence-electron chi connectivity index (χ1n) is 26.4. The number of amides is 1. The van der Waals surface area contributed by atoms with E-state index in [2.05, 4.69) is 11.4 Å². The number of nitrogens with one attached hydrogen (secondary N) is 1. The summed E-state index contributed by atoms with van der Waals surface area (Å²) < 4.78 is 52.4. The number of aliphatic imine (C=N–C) groups is 1. The van der Waals surface area contributed by atoms with Crippen LogP contribution >= 0.6 is 0 Å². The fraction of sp³-hybridized carbons (Fsp3) is 0.569. The first-order chi connectivity index (χ1) is 35.9. The van der Waals surface area contributed by atoms with Gasteiger partial charge in [-0.15, -0.1) is 0 Å². The number of hydrogen-bond donors (Lipinski definition) is 5. The largest absolute Gasteiger partial charge is 0.482 e. The number of nitrogens with two attached hydrogens (primary N) is 1. The number of nitrogens with zero attached hydrogens (tertiary/aromatic N) is 1. The van der Waals surface area contributed by atoms with Crippen LogP contribution in [0.3, 0.4) is 0 Å². The summed E-state index contributed by atoms with van der Waals surface area (Å²) >= 11 is 0. The molecule has 3 aliphatic carbocycles. The average Bonchev–Trinajstić information content (AvgIpc) is 3.56. The maximum atomic E-state index is 15.5. The fourth-order valence-corrected chi connectivity index (χ4v) is 13.2. The van der Waals surface area contributed by atoms with E-state index < -0.39 is 106 Å². The summed E-state index contributed by atoms with van der Waals surface area (Å²) in [6.07, 6.45) is 5.82. The zero-order valence-electron chi connectivity index (χ0n) is 44.9. The molecule has 408 valence electrons. The van der Waals surface area contributed by atoms with E-state index in [1.54, 1.807) is 26.8 Å². The summed E-state index contributed by atoms with van der Waals surface area (Å²) in [6.45, 7) is 18.8. The number of hydrogen-bond acceptors (Lipinski definition) is 17. The van der Waals surface area contributed by atoms with Gasteiger partial charge in [0.05, 0.1) is 41.5 Å². The van der Waals surface area contributed by atoms with E-state index in [1.807, 2.05) is 66.7 Å². The quantitative estimate of drug-likeness (QED) is 0.0643. The predicted octanol–water partition coefficient (Wildman–Crippen LogP) is 5.86. The van der Waals surface area contributed by atoms with Gasteiger partial charge in [-0.25, -0.2) is 4.79 Å². The molecule has 0 aromatic heterocycles. The topological polar surface area (TPSA) is 253 Å². The number of fused-ring (bicyclic) bond motifs is 4. The number of allylic oxidation sites excluding steroid dienone is 4. The van der Waals surface area contributed by atoms with Crippen molar-refractivity contribution in [3.05, 3.63) is 87.5 Å². The third-order valence-corrected chi connectivity index (χ3v) is 16.7. The van der Waals surface area contributed by atoms with Crippen molar-refractivity contribution >= 4 is 35.4 Å². The number of esters is 1. The second-order valence-electron chi connectivity index (χ2n) is 23.3. The molecule has 6 fully saturated rings. The summed E-state index contributed by atoms with van der Waals surface area (Å²) in [6, 6.07) is 5.03. The minimum Gasteiger partial charge on any atom is -0.482 e. The van der Waals surface area contributed by atoms with Crippen LogP contribution in [0.1, 0.15) is 128 Å². The van der Waals surface area contributed by atoms with Crippen molar-refractivity contribution in [2.75, 3.05) is 19.8 Å². The van der Waals surface area contributed by atoms with Crippen LogP contribution in [0.5, 0.6) is 23.0 Å². The monoisotopic (exact) mass is 1050 g/mol. The lowest BCUT2D eigenvalue weighted by Crippen LogP contribution is -2.80. The highest BCUT2D eigenvalue weighted by molar-refractivity contribution is 6.40. The number of ether oxygens (including phenoxy) is 8.